The number of halogens is 1. The molecule has 2 aromatic rings. The smallest absolute Gasteiger partial charge is 0.253 e. The zero-order chi connectivity index (χ0) is 13.2. The SMILES string of the molecule is O=C(NC1Cc2ccccc2C1)c1cncc(Br)c1. The summed E-state index contributed by atoms with van der Waals surface area (Å²) < 4.78 is 0.815. The van der Waals surface area contributed by atoms with Crippen LogP contribution in [0.5, 0.6) is 0 Å². The lowest BCUT2D eigenvalue weighted by Crippen LogP contribution is -2.35. The van der Waals surface area contributed by atoms with Gasteiger partial charge in [0.2, 0.25) is 0 Å². The first kappa shape index (κ1) is 12.4. The van der Waals surface area contributed by atoms with E-state index in [1.165, 1.54) is 11.1 Å². The van der Waals surface area contributed by atoms with Crippen molar-refractivity contribution in [3.05, 3.63) is 63.9 Å². The van der Waals surface area contributed by atoms with E-state index in [1.54, 1.807) is 18.5 Å². The number of nitrogens with zero attached hydrogens (tertiary/aromatic N) is 1. The molecule has 1 N–H and O–H groups in total. The molecule has 3 nitrogen and oxygen atoms in total. The summed E-state index contributed by atoms with van der Waals surface area (Å²) in [6.07, 6.45) is 5.07. The molecule has 0 unspecified atom stereocenters. The van der Waals surface area contributed by atoms with Crippen molar-refractivity contribution in [2.24, 2.45) is 0 Å². The molecule has 1 amide bonds. The minimum Gasteiger partial charge on any atom is -0.349 e. The van der Waals surface area contributed by atoms with Gasteiger partial charge in [0.1, 0.15) is 0 Å². The number of carbonyl (C=O) groups excluding carboxylic acids is 1. The van der Waals surface area contributed by atoms with Gasteiger partial charge in [-0.05, 0) is 46.0 Å². The Morgan fingerprint density at radius 3 is 2.53 bits per heavy atom. The predicted octanol–water partition coefficient (Wildman–Crippen LogP) is 2.74. The minimum absolute atomic E-state index is 0.0633. The van der Waals surface area contributed by atoms with Crippen LogP contribution in [0.15, 0.2) is 47.2 Å². The Hall–Kier alpha value is -1.68. The normalized spacial score (nSPS) is 14.2. The molecule has 0 spiro atoms. The molecule has 0 bridgehead atoms. The van der Waals surface area contributed by atoms with Crippen molar-refractivity contribution >= 4 is 21.8 Å². The molecule has 1 aromatic carbocycles. The molecule has 0 saturated heterocycles. The van der Waals surface area contributed by atoms with Gasteiger partial charge in [0.05, 0.1) is 5.56 Å². The molecule has 19 heavy (non-hydrogen) atoms. The number of fused-ring (bicyclic) bond motifs is 1. The highest BCUT2D eigenvalue weighted by molar-refractivity contribution is 9.10. The molecule has 1 aromatic heterocycles. The van der Waals surface area contributed by atoms with Crippen LogP contribution in [-0.2, 0) is 12.8 Å². The molecule has 3 rings (SSSR count). The van der Waals surface area contributed by atoms with E-state index in [9.17, 15) is 4.79 Å². The average Bonchev–Trinajstić information content (AvgIpc) is 2.80. The average molecular weight is 317 g/mol. The lowest BCUT2D eigenvalue weighted by atomic mass is 10.1. The van der Waals surface area contributed by atoms with E-state index in [1.807, 2.05) is 12.1 Å². The minimum atomic E-state index is -0.0633. The van der Waals surface area contributed by atoms with Crippen molar-refractivity contribution in [3.63, 3.8) is 0 Å². The summed E-state index contributed by atoms with van der Waals surface area (Å²) in [6.45, 7) is 0. The van der Waals surface area contributed by atoms with E-state index in [0.29, 0.717) is 5.56 Å². The fourth-order valence-electron chi connectivity index (χ4n) is 2.47. The number of aromatic nitrogens is 1. The van der Waals surface area contributed by atoms with E-state index < -0.39 is 0 Å². The molecule has 96 valence electrons. The van der Waals surface area contributed by atoms with Gasteiger partial charge in [-0.3, -0.25) is 9.78 Å². The van der Waals surface area contributed by atoms with Gasteiger partial charge < -0.3 is 5.32 Å². The van der Waals surface area contributed by atoms with Gasteiger partial charge in [0.15, 0.2) is 0 Å². The van der Waals surface area contributed by atoms with Gasteiger partial charge in [0, 0.05) is 22.9 Å². The molecule has 1 aliphatic rings. The van der Waals surface area contributed by atoms with E-state index in [4.69, 9.17) is 0 Å². The van der Waals surface area contributed by atoms with Crippen molar-refractivity contribution in [3.8, 4) is 0 Å². The third-order valence-corrected chi connectivity index (χ3v) is 3.79. The molecule has 0 radical (unpaired) electrons. The molecular formula is C15H13BrN2O. The number of carbonyl (C=O) groups is 1. The van der Waals surface area contributed by atoms with Crippen molar-refractivity contribution in [2.75, 3.05) is 0 Å². The Kier molecular flexibility index (Phi) is 3.34. The molecule has 0 saturated carbocycles. The second kappa shape index (κ2) is 5.13. The Morgan fingerprint density at radius 2 is 1.89 bits per heavy atom. The Balaban J connectivity index is 1.69. The summed E-state index contributed by atoms with van der Waals surface area (Å²) in [5.74, 6) is -0.0633. The van der Waals surface area contributed by atoms with Crippen molar-refractivity contribution in [1.82, 2.24) is 10.3 Å². The maximum Gasteiger partial charge on any atom is 0.253 e. The van der Waals surface area contributed by atoms with Gasteiger partial charge in [0.25, 0.3) is 5.91 Å². The van der Waals surface area contributed by atoms with Gasteiger partial charge >= 0.3 is 0 Å². The van der Waals surface area contributed by atoms with Crippen molar-refractivity contribution in [2.45, 2.75) is 18.9 Å². The zero-order valence-corrected chi connectivity index (χ0v) is 11.9. The first-order valence-electron chi connectivity index (χ1n) is 6.20. The molecular weight excluding hydrogens is 304 g/mol. The van der Waals surface area contributed by atoms with Crippen LogP contribution in [0, 0.1) is 0 Å². The fourth-order valence-corrected chi connectivity index (χ4v) is 2.83. The molecule has 0 atom stereocenters. The number of pyridine rings is 1. The van der Waals surface area contributed by atoms with Crippen LogP contribution in [0.4, 0.5) is 0 Å². The van der Waals surface area contributed by atoms with Gasteiger partial charge in [-0.2, -0.15) is 0 Å². The largest absolute Gasteiger partial charge is 0.349 e. The van der Waals surface area contributed by atoms with Crippen LogP contribution in [0.2, 0.25) is 0 Å². The summed E-state index contributed by atoms with van der Waals surface area (Å²) in [6, 6.07) is 10.3. The maximum absolute atomic E-state index is 12.1. The van der Waals surface area contributed by atoms with Crippen LogP contribution in [-0.4, -0.2) is 16.9 Å². The molecule has 1 heterocycles. The number of nitrogens with one attached hydrogen (secondary N) is 1. The molecule has 0 fully saturated rings. The number of benzene rings is 1. The Bertz CT molecular complexity index is 602. The van der Waals surface area contributed by atoms with Gasteiger partial charge in [-0.1, -0.05) is 24.3 Å². The highest BCUT2D eigenvalue weighted by Crippen LogP contribution is 2.22. The standard InChI is InChI=1S/C15H13BrN2O/c16-13-5-12(8-17-9-13)15(19)18-14-6-10-3-1-2-4-11(10)7-14/h1-5,8-9,14H,6-7H2,(H,18,19). The number of rotatable bonds is 2. The van der Waals surface area contributed by atoms with Crippen LogP contribution in [0.25, 0.3) is 0 Å². The van der Waals surface area contributed by atoms with Crippen LogP contribution in [0.3, 0.4) is 0 Å². The Labute approximate surface area is 120 Å². The lowest BCUT2D eigenvalue weighted by Gasteiger charge is -2.11. The van der Waals surface area contributed by atoms with Gasteiger partial charge in [-0.25, -0.2) is 0 Å². The number of amides is 1. The van der Waals surface area contributed by atoms with Crippen LogP contribution in [0.1, 0.15) is 21.5 Å². The topological polar surface area (TPSA) is 42.0 Å². The molecule has 0 aliphatic heterocycles. The number of hydrogen-bond donors (Lipinski definition) is 1. The van der Waals surface area contributed by atoms with Crippen LogP contribution < -0.4 is 5.32 Å². The Morgan fingerprint density at radius 1 is 1.21 bits per heavy atom. The second-order valence-corrected chi connectivity index (χ2v) is 5.65. The van der Waals surface area contributed by atoms with Crippen molar-refractivity contribution in [1.29, 1.82) is 0 Å². The lowest BCUT2D eigenvalue weighted by molar-refractivity contribution is 0.0938. The predicted molar refractivity (Wildman–Crippen MR) is 77.0 cm³/mol. The molecule has 4 heteroatoms. The van der Waals surface area contributed by atoms with Crippen molar-refractivity contribution < 1.29 is 4.79 Å². The fraction of sp³-hybridized carbons (Fsp3) is 0.200. The molecule has 1 aliphatic carbocycles. The summed E-state index contributed by atoms with van der Waals surface area (Å²) in [7, 11) is 0. The van der Waals surface area contributed by atoms with Crippen LogP contribution >= 0.6 is 15.9 Å². The third kappa shape index (κ3) is 2.68. The second-order valence-electron chi connectivity index (χ2n) is 4.74. The first-order valence-corrected chi connectivity index (χ1v) is 7.00. The summed E-state index contributed by atoms with van der Waals surface area (Å²) in [5, 5.41) is 3.07. The van der Waals surface area contributed by atoms with E-state index in [2.05, 4.69) is 38.4 Å². The monoisotopic (exact) mass is 316 g/mol. The maximum atomic E-state index is 12.1. The third-order valence-electron chi connectivity index (χ3n) is 3.35. The quantitative estimate of drug-likeness (QED) is 0.925. The zero-order valence-electron chi connectivity index (χ0n) is 10.3. The van der Waals surface area contributed by atoms with E-state index >= 15 is 0 Å². The number of hydrogen-bond acceptors (Lipinski definition) is 2. The summed E-state index contributed by atoms with van der Waals surface area (Å²) in [5.41, 5.74) is 3.26. The van der Waals surface area contributed by atoms with E-state index in [-0.39, 0.29) is 11.9 Å². The summed E-state index contributed by atoms with van der Waals surface area (Å²) >= 11 is 3.32. The van der Waals surface area contributed by atoms with Gasteiger partial charge in [-0.15, -0.1) is 0 Å². The van der Waals surface area contributed by atoms with E-state index in [0.717, 1.165) is 17.3 Å². The highest BCUT2D eigenvalue weighted by atomic mass is 79.9. The first-order chi connectivity index (χ1) is 9.22. The highest BCUT2D eigenvalue weighted by Gasteiger charge is 2.22. The summed E-state index contributed by atoms with van der Waals surface area (Å²) in [4.78, 5) is 16.1.